The molecule has 0 radical (unpaired) electrons. The van der Waals surface area contributed by atoms with Crippen LogP contribution in [-0.4, -0.2) is 52.5 Å². The van der Waals surface area contributed by atoms with E-state index < -0.39 is 0 Å². The topological polar surface area (TPSA) is 64.5 Å². The number of quaternary nitrogens is 1. The zero-order valence-electron chi connectivity index (χ0n) is 16.1. The number of hydrogen-bond acceptors (Lipinski definition) is 5. The number of nitrogens with zero attached hydrogens (tertiary/aromatic N) is 1. The largest absolute Gasteiger partial charge is 0.497 e. The number of piperazine rings is 1. The van der Waals surface area contributed by atoms with Crippen LogP contribution in [0.4, 0.5) is 5.69 Å². The normalized spacial score (nSPS) is 16.1. The molecule has 2 aromatic carbocycles. The lowest BCUT2D eigenvalue weighted by Gasteiger charge is -2.33. The highest BCUT2D eigenvalue weighted by molar-refractivity contribution is 5.76. The molecule has 4 rings (SSSR count). The Balaban J connectivity index is 1.22. The highest BCUT2D eigenvalue weighted by atomic mass is 16.7. The molecule has 2 aliphatic rings. The van der Waals surface area contributed by atoms with E-state index in [1.54, 1.807) is 7.11 Å². The monoisotopic (exact) mass is 384 g/mol. The fraction of sp³-hybridized carbons (Fsp3) is 0.381. The summed E-state index contributed by atoms with van der Waals surface area (Å²) in [5.74, 6) is 2.44. The number of rotatable bonds is 6. The van der Waals surface area contributed by atoms with Crippen LogP contribution >= 0.6 is 0 Å². The molecule has 1 amide bonds. The number of carbonyl (C=O) groups excluding carboxylic acids is 1. The summed E-state index contributed by atoms with van der Waals surface area (Å²) < 4.78 is 16.0. The molecular formula is C21H26N3O4+. The second-order valence-corrected chi connectivity index (χ2v) is 7.08. The van der Waals surface area contributed by atoms with Gasteiger partial charge in [-0.25, -0.2) is 0 Å². The summed E-state index contributed by atoms with van der Waals surface area (Å²) in [6.07, 6.45) is 0. The Bertz CT molecular complexity index is 834. The first-order chi connectivity index (χ1) is 13.7. The Hall–Kier alpha value is -2.93. The first-order valence-corrected chi connectivity index (χ1v) is 9.59. The van der Waals surface area contributed by atoms with Gasteiger partial charge in [-0.15, -0.1) is 0 Å². The van der Waals surface area contributed by atoms with Crippen LogP contribution in [0.1, 0.15) is 5.56 Å². The molecule has 0 atom stereocenters. The lowest BCUT2D eigenvalue weighted by atomic mass is 10.2. The standard InChI is InChI=1S/C21H25N3O4/c1-26-18-4-2-3-17(12-18)24-9-7-23(8-10-24)14-21(25)22-13-16-5-6-19-20(11-16)28-15-27-19/h2-6,11-12H,7-10,13-15H2,1H3,(H,22,25)/p+1. The maximum atomic E-state index is 12.3. The van der Waals surface area contributed by atoms with Crippen molar-refractivity contribution in [3.63, 3.8) is 0 Å². The van der Waals surface area contributed by atoms with E-state index in [2.05, 4.69) is 22.3 Å². The van der Waals surface area contributed by atoms with Crippen LogP contribution in [0.25, 0.3) is 0 Å². The highest BCUT2D eigenvalue weighted by Crippen LogP contribution is 2.32. The zero-order chi connectivity index (χ0) is 19.3. The van der Waals surface area contributed by atoms with Gasteiger partial charge in [0.1, 0.15) is 5.75 Å². The van der Waals surface area contributed by atoms with E-state index in [1.165, 1.54) is 10.6 Å². The van der Waals surface area contributed by atoms with Gasteiger partial charge in [-0.2, -0.15) is 0 Å². The van der Waals surface area contributed by atoms with Crippen LogP contribution in [0.15, 0.2) is 42.5 Å². The summed E-state index contributed by atoms with van der Waals surface area (Å²) in [6.45, 7) is 4.99. The molecular weight excluding hydrogens is 358 g/mol. The number of benzene rings is 2. The Morgan fingerprint density at radius 3 is 2.79 bits per heavy atom. The van der Waals surface area contributed by atoms with Crippen LogP contribution in [0.5, 0.6) is 17.2 Å². The van der Waals surface area contributed by atoms with E-state index in [0.29, 0.717) is 13.1 Å². The van der Waals surface area contributed by atoms with Crippen molar-refractivity contribution in [3.8, 4) is 17.2 Å². The number of nitrogens with one attached hydrogen (secondary N) is 2. The Morgan fingerprint density at radius 1 is 1.14 bits per heavy atom. The molecule has 7 heteroatoms. The molecule has 0 bridgehead atoms. The minimum atomic E-state index is 0.0718. The van der Waals surface area contributed by atoms with E-state index in [0.717, 1.165) is 49.0 Å². The van der Waals surface area contributed by atoms with Gasteiger partial charge in [-0.1, -0.05) is 12.1 Å². The summed E-state index contributed by atoms with van der Waals surface area (Å²) in [5.41, 5.74) is 2.18. The molecule has 0 aromatic heterocycles. The number of anilines is 1. The van der Waals surface area contributed by atoms with Crippen molar-refractivity contribution in [3.05, 3.63) is 48.0 Å². The first kappa shape index (κ1) is 18.4. The molecule has 1 saturated heterocycles. The molecule has 1 fully saturated rings. The predicted octanol–water partition coefficient (Wildman–Crippen LogP) is 0.445. The third kappa shape index (κ3) is 4.31. The summed E-state index contributed by atoms with van der Waals surface area (Å²) >= 11 is 0. The van der Waals surface area contributed by atoms with Gasteiger partial charge >= 0.3 is 0 Å². The number of fused-ring (bicyclic) bond motifs is 1. The van der Waals surface area contributed by atoms with Crippen LogP contribution in [-0.2, 0) is 11.3 Å². The Labute approximate surface area is 164 Å². The van der Waals surface area contributed by atoms with Gasteiger partial charge in [0.15, 0.2) is 18.0 Å². The van der Waals surface area contributed by atoms with Crippen molar-refractivity contribution in [2.24, 2.45) is 0 Å². The average molecular weight is 384 g/mol. The fourth-order valence-electron chi connectivity index (χ4n) is 3.61. The SMILES string of the molecule is COc1cccc(N2CC[NH+](CC(=O)NCc3ccc4c(c3)OCO4)CC2)c1. The number of amides is 1. The Morgan fingerprint density at radius 2 is 1.96 bits per heavy atom. The second kappa shape index (κ2) is 8.39. The van der Waals surface area contributed by atoms with E-state index in [-0.39, 0.29) is 12.7 Å². The minimum Gasteiger partial charge on any atom is -0.497 e. The predicted molar refractivity (Wildman–Crippen MR) is 105 cm³/mol. The summed E-state index contributed by atoms with van der Waals surface area (Å²) in [4.78, 5) is 16.0. The summed E-state index contributed by atoms with van der Waals surface area (Å²) in [5, 5.41) is 3.01. The van der Waals surface area contributed by atoms with Crippen LogP contribution in [0.3, 0.4) is 0 Å². The van der Waals surface area contributed by atoms with Crippen LogP contribution < -0.4 is 29.3 Å². The van der Waals surface area contributed by atoms with Crippen molar-refractivity contribution in [2.45, 2.75) is 6.54 Å². The van der Waals surface area contributed by atoms with Gasteiger partial charge in [0.25, 0.3) is 5.91 Å². The first-order valence-electron chi connectivity index (χ1n) is 9.59. The number of carbonyl (C=O) groups is 1. The van der Waals surface area contributed by atoms with Gasteiger partial charge in [0.05, 0.1) is 33.3 Å². The van der Waals surface area contributed by atoms with Crippen molar-refractivity contribution in [2.75, 3.05) is 51.5 Å². The van der Waals surface area contributed by atoms with E-state index >= 15 is 0 Å². The second-order valence-electron chi connectivity index (χ2n) is 7.08. The van der Waals surface area contributed by atoms with Gasteiger partial charge < -0.3 is 29.3 Å². The average Bonchev–Trinajstić information content (AvgIpc) is 3.21. The molecule has 7 nitrogen and oxygen atoms in total. The molecule has 2 aliphatic heterocycles. The molecule has 28 heavy (non-hydrogen) atoms. The molecule has 2 heterocycles. The van der Waals surface area contributed by atoms with Gasteiger partial charge in [-0.05, 0) is 29.8 Å². The van der Waals surface area contributed by atoms with Crippen molar-refractivity contribution >= 4 is 11.6 Å². The van der Waals surface area contributed by atoms with E-state index in [4.69, 9.17) is 14.2 Å². The van der Waals surface area contributed by atoms with Gasteiger partial charge in [-0.3, -0.25) is 4.79 Å². The number of ether oxygens (including phenoxy) is 3. The highest BCUT2D eigenvalue weighted by Gasteiger charge is 2.22. The number of methoxy groups -OCH3 is 1. The van der Waals surface area contributed by atoms with Crippen LogP contribution in [0, 0.1) is 0 Å². The fourth-order valence-corrected chi connectivity index (χ4v) is 3.61. The molecule has 2 N–H and O–H groups in total. The van der Waals surface area contributed by atoms with Gasteiger partial charge in [0.2, 0.25) is 6.79 Å². The molecule has 0 aliphatic carbocycles. The van der Waals surface area contributed by atoms with Crippen LogP contribution in [0.2, 0.25) is 0 Å². The van der Waals surface area contributed by atoms with Crippen molar-refractivity contribution in [1.82, 2.24) is 5.32 Å². The molecule has 148 valence electrons. The molecule has 0 saturated carbocycles. The smallest absolute Gasteiger partial charge is 0.275 e. The van der Waals surface area contributed by atoms with Crippen molar-refractivity contribution < 1.29 is 23.9 Å². The molecule has 2 aromatic rings. The lowest BCUT2D eigenvalue weighted by molar-refractivity contribution is -0.892. The van der Waals surface area contributed by atoms with E-state index in [1.807, 2.05) is 30.3 Å². The quantitative estimate of drug-likeness (QED) is 0.757. The third-order valence-electron chi connectivity index (χ3n) is 5.23. The lowest BCUT2D eigenvalue weighted by Crippen LogP contribution is -3.15. The molecule has 0 spiro atoms. The minimum absolute atomic E-state index is 0.0718. The van der Waals surface area contributed by atoms with Crippen molar-refractivity contribution in [1.29, 1.82) is 0 Å². The summed E-state index contributed by atoms with van der Waals surface area (Å²) in [7, 11) is 1.68. The Kier molecular flexibility index (Phi) is 5.53. The number of hydrogen-bond donors (Lipinski definition) is 2. The zero-order valence-corrected chi connectivity index (χ0v) is 16.1. The van der Waals surface area contributed by atoms with Gasteiger partial charge in [0, 0.05) is 18.3 Å². The third-order valence-corrected chi connectivity index (χ3v) is 5.23. The maximum absolute atomic E-state index is 12.3. The molecule has 0 unspecified atom stereocenters. The maximum Gasteiger partial charge on any atom is 0.275 e. The van der Waals surface area contributed by atoms with E-state index in [9.17, 15) is 4.79 Å². The summed E-state index contributed by atoms with van der Waals surface area (Å²) in [6, 6.07) is 13.9.